The van der Waals surface area contributed by atoms with Crippen molar-refractivity contribution in [2.24, 2.45) is 10.2 Å². The molecule has 28 heavy (non-hydrogen) atoms. The van der Waals surface area contributed by atoms with Crippen LogP contribution in [0, 0.1) is 10.1 Å². The quantitative estimate of drug-likeness (QED) is 0.325. The molecule has 3 aromatic rings. The van der Waals surface area contributed by atoms with Crippen LogP contribution >= 0.6 is 11.3 Å². The Morgan fingerprint density at radius 3 is 2.96 bits per heavy atom. The van der Waals surface area contributed by atoms with Crippen LogP contribution in [0.1, 0.15) is 12.5 Å². The maximum absolute atomic E-state index is 10.9. The van der Waals surface area contributed by atoms with Crippen LogP contribution in [0.4, 0.5) is 10.8 Å². The molecule has 0 saturated carbocycles. The predicted octanol–water partition coefficient (Wildman–Crippen LogP) is 5.16. The minimum atomic E-state index is -0.422. The van der Waals surface area contributed by atoms with E-state index in [1.54, 1.807) is 12.1 Å². The van der Waals surface area contributed by atoms with Crippen molar-refractivity contribution in [3.8, 4) is 22.8 Å². The number of nitro groups is 1. The van der Waals surface area contributed by atoms with Gasteiger partial charge in [-0.25, -0.2) is 4.98 Å². The molecular formula is C19H16N4O4S. The van der Waals surface area contributed by atoms with Gasteiger partial charge in [0.1, 0.15) is 0 Å². The predicted molar refractivity (Wildman–Crippen MR) is 104 cm³/mol. The lowest BCUT2D eigenvalue weighted by Crippen LogP contribution is -2.01. The number of hydrogen-bond acceptors (Lipinski definition) is 8. The monoisotopic (exact) mass is 396 g/mol. The van der Waals surface area contributed by atoms with Gasteiger partial charge in [0.15, 0.2) is 11.5 Å². The van der Waals surface area contributed by atoms with Crippen LogP contribution in [0.2, 0.25) is 0 Å². The molecule has 1 aliphatic rings. The van der Waals surface area contributed by atoms with Gasteiger partial charge in [-0.3, -0.25) is 10.1 Å². The number of nitro benzene ring substituents is 1. The molecule has 1 unspecified atom stereocenters. The SMILES string of the molecule is CC(Cc1ccc2c(c1)OCO2)N=Nc1nc(-c2cccc([N+](=O)[O-])c2)cs1. The summed E-state index contributed by atoms with van der Waals surface area (Å²) >= 11 is 1.35. The van der Waals surface area contributed by atoms with Crippen LogP contribution in [0.15, 0.2) is 58.1 Å². The molecule has 0 bridgehead atoms. The number of fused-ring (bicyclic) bond motifs is 1. The summed E-state index contributed by atoms with van der Waals surface area (Å²) in [5, 5.41) is 21.8. The van der Waals surface area contributed by atoms with Crippen molar-refractivity contribution in [1.29, 1.82) is 0 Å². The molecule has 142 valence electrons. The lowest BCUT2D eigenvalue weighted by atomic mass is 10.1. The molecule has 2 aromatic carbocycles. The van der Waals surface area contributed by atoms with E-state index in [0.29, 0.717) is 22.8 Å². The molecule has 1 aliphatic heterocycles. The topological polar surface area (TPSA) is 99.2 Å². The van der Waals surface area contributed by atoms with E-state index in [0.717, 1.165) is 17.1 Å². The van der Waals surface area contributed by atoms with Gasteiger partial charge in [0.25, 0.3) is 5.69 Å². The van der Waals surface area contributed by atoms with Gasteiger partial charge in [-0.1, -0.05) is 18.2 Å². The third kappa shape index (κ3) is 3.99. The van der Waals surface area contributed by atoms with E-state index in [4.69, 9.17) is 9.47 Å². The number of ether oxygens (including phenoxy) is 2. The molecular weight excluding hydrogens is 380 g/mol. The van der Waals surface area contributed by atoms with Gasteiger partial charge in [-0.2, -0.15) is 5.11 Å². The molecule has 0 spiro atoms. The van der Waals surface area contributed by atoms with Crippen molar-refractivity contribution >= 4 is 22.2 Å². The number of hydrogen-bond donors (Lipinski definition) is 0. The van der Waals surface area contributed by atoms with E-state index in [1.807, 2.05) is 30.5 Å². The normalized spacial score (nSPS) is 13.8. The van der Waals surface area contributed by atoms with Gasteiger partial charge in [0.2, 0.25) is 11.9 Å². The van der Waals surface area contributed by atoms with E-state index >= 15 is 0 Å². The molecule has 0 fully saturated rings. The maximum Gasteiger partial charge on any atom is 0.270 e. The molecule has 0 aliphatic carbocycles. The summed E-state index contributed by atoms with van der Waals surface area (Å²) in [6, 6.07) is 12.2. The maximum atomic E-state index is 10.9. The average Bonchev–Trinajstić information content (AvgIpc) is 3.35. The Kier molecular flexibility index (Phi) is 4.98. The summed E-state index contributed by atoms with van der Waals surface area (Å²) in [7, 11) is 0. The number of benzene rings is 2. The van der Waals surface area contributed by atoms with Crippen LogP contribution in [0.25, 0.3) is 11.3 Å². The molecule has 0 amide bonds. The van der Waals surface area contributed by atoms with Gasteiger partial charge in [-0.05, 0) is 31.0 Å². The summed E-state index contributed by atoms with van der Waals surface area (Å²) in [6.45, 7) is 2.23. The van der Waals surface area contributed by atoms with Crippen molar-refractivity contribution < 1.29 is 14.4 Å². The largest absolute Gasteiger partial charge is 0.454 e. The minimum Gasteiger partial charge on any atom is -0.454 e. The highest BCUT2D eigenvalue weighted by Crippen LogP contribution is 2.33. The summed E-state index contributed by atoms with van der Waals surface area (Å²) in [4.78, 5) is 14.9. The molecule has 9 heteroatoms. The highest BCUT2D eigenvalue weighted by atomic mass is 32.1. The third-order valence-corrected chi connectivity index (χ3v) is 4.88. The molecule has 2 heterocycles. The lowest BCUT2D eigenvalue weighted by Gasteiger charge is -2.05. The number of non-ortho nitro benzene ring substituents is 1. The van der Waals surface area contributed by atoms with Gasteiger partial charge >= 0.3 is 0 Å². The van der Waals surface area contributed by atoms with Gasteiger partial charge in [-0.15, -0.1) is 16.5 Å². The van der Waals surface area contributed by atoms with Crippen LogP contribution < -0.4 is 9.47 Å². The summed E-state index contributed by atoms with van der Waals surface area (Å²) in [5.41, 5.74) is 2.45. The highest BCUT2D eigenvalue weighted by Gasteiger charge is 2.14. The van der Waals surface area contributed by atoms with E-state index < -0.39 is 4.92 Å². The first-order valence-electron chi connectivity index (χ1n) is 8.58. The fourth-order valence-corrected chi connectivity index (χ4v) is 3.47. The van der Waals surface area contributed by atoms with Crippen molar-refractivity contribution in [2.45, 2.75) is 19.4 Å². The van der Waals surface area contributed by atoms with E-state index in [2.05, 4.69) is 15.2 Å². The molecule has 4 rings (SSSR count). The van der Waals surface area contributed by atoms with Crippen molar-refractivity contribution in [1.82, 2.24) is 4.98 Å². The summed E-state index contributed by atoms with van der Waals surface area (Å²) in [5.74, 6) is 1.51. The molecule has 8 nitrogen and oxygen atoms in total. The first kappa shape index (κ1) is 18.1. The van der Waals surface area contributed by atoms with Crippen LogP contribution in [0.3, 0.4) is 0 Å². The third-order valence-electron chi connectivity index (χ3n) is 4.15. The minimum absolute atomic E-state index is 0.0334. The van der Waals surface area contributed by atoms with Crippen LogP contribution in [-0.2, 0) is 6.42 Å². The first-order chi connectivity index (χ1) is 13.6. The second kappa shape index (κ2) is 7.73. The van der Waals surface area contributed by atoms with E-state index in [9.17, 15) is 10.1 Å². The second-order valence-electron chi connectivity index (χ2n) is 6.28. The number of nitrogens with zero attached hydrogens (tertiary/aromatic N) is 4. The zero-order valence-electron chi connectivity index (χ0n) is 14.9. The number of rotatable bonds is 6. The highest BCUT2D eigenvalue weighted by molar-refractivity contribution is 7.13. The Morgan fingerprint density at radius 2 is 2.11 bits per heavy atom. The molecule has 0 saturated heterocycles. The van der Waals surface area contributed by atoms with Gasteiger partial charge in [0, 0.05) is 23.1 Å². The zero-order chi connectivity index (χ0) is 19.5. The fourth-order valence-electron chi connectivity index (χ4n) is 2.82. The van der Waals surface area contributed by atoms with Crippen molar-refractivity contribution in [3.63, 3.8) is 0 Å². The summed E-state index contributed by atoms with van der Waals surface area (Å²) in [6.07, 6.45) is 0.712. The Hall–Kier alpha value is -3.33. The Morgan fingerprint density at radius 1 is 1.25 bits per heavy atom. The Balaban J connectivity index is 1.42. The van der Waals surface area contributed by atoms with Crippen LogP contribution in [0.5, 0.6) is 11.5 Å². The molecule has 0 radical (unpaired) electrons. The molecule has 0 N–H and O–H groups in total. The number of azo groups is 1. The lowest BCUT2D eigenvalue weighted by molar-refractivity contribution is -0.384. The van der Waals surface area contributed by atoms with E-state index in [1.165, 1.54) is 23.5 Å². The van der Waals surface area contributed by atoms with E-state index in [-0.39, 0.29) is 18.5 Å². The first-order valence-corrected chi connectivity index (χ1v) is 9.46. The van der Waals surface area contributed by atoms with Gasteiger partial charge < -0.3 is 9.47 Å². The average molecular weight is 396 g/mol. The fraction of sp³-hybridized carbons (Fsp3) is 0.211. The van der Waals surface area contributed by atoms with Crippen molar-refractivity contribution in [3.05, 3.63) is 63.5 Å². The number of aromatic nitrogens is 1. The Labute approximate surface area is 164 Å². The zero-order valence-corrected chi connectivity index (χ0v) is 15.8. The van der Waals surface area contributed by atoms with Crippen LogP contribution in [-0.4, -0.2) is 22.7 Å². The standard InChI is InChI=1S/C19H16N4O4S/c1-12(7-13-5-6-17-18(8-13)27-11-26-17)21-22-19-20-16(10-28-19)14-3-2-4-15(9-14)23(24)25/h2-6,8-10,12H,7,11H2,1H3. The Bertz CT molecular complexity index is 1050. The molecule has 1 atom stereocenters. The van der Waals surface area contributed by atoms with Crippen molar-refractivity contribution in [2.75, 3.05) is 6.79 Å². The second-order valence-corrected chi connectivity index (χ2v) is 7.12. The number of thiazole rings is 1. The molecule has 1 aromatic heterocycles. The van der Waals surface area contributed by atoms with Gasteiger partial charge in [0.05, 0.1) is 16.7 Å². The smallest absolute Gasteiger partial charge is 0.270 e. The summed E-state index contributed by atoms with van der Waals surface area (Å²) < 4.78 is 10.7.